The van der Waals surface area contributed by atoms with E-state index in [1.807, 2.05) is 6.92 Å². The van der Waals surface area contributed by atoms with Gasteiger partial charge in [-0.15, -0.1) is 10.2 Å². The lowest BCUT2D eigenvalue weighted by molar-refractivity contribution is -0.0103. The maximum absolute atomic E-state index is 5.66. The summed E-state index contributed by atoms with van der Waals surface area (Å²) in [5.74, 6) is 4.18. The molecule has 0 spiro atoms. The van der Waals surface area contributed by atoms with Crippen molar-refractivity contribution in [3.63, 3.8) is 0 Å². The molecule has 24 heavy (non-hydrogen) atoms. The molecule has 4 aliphatic carbocycles. The van der Waals surface area contributed by atoms with Crippen LogP contribution in [0.4, 0.5) is 0 Å². The number of hydrogen-bond acceptors (Lipinski definition) is 7. The summed E-state index contributed by atoms with van der Waals surface area (Å²) in [6, 6.07) is 0. The van der Waals surface area contributed by atoms with Gasteiger partial charge in [-0.05, 0) is 63.2 Å². The third-order valence-corrected chi connectivity index (χ3v) is 6.81. The van der Waals surface area contributed by atoms with Crippen molar-refractivity contribution in [3.8, 4) is 0 Å². The van der Waals surface area contributed by atoms with Crippen LogP contribution < -0.4 is 0 Å². The Morgan fingerprint density at radius 2 is 1.79 bits per heavy atom. The van der Waals surface area contributed by atoms with Crippen LogP contribution in [-0.2, 0) is 23.4 Å². The fourth-order valence-corrected chi connectivity index (χ4v) is 6.18. The van der Waals surface area contributed by atoms with Crippen LogP contribution in [-0.4, -0.2) is 20.3 Å². The first kappa shape index (κ1) is 15.0. The highest BCUT2D eigenvalue weighted by Crippen LogP contribution is 2.60. The lowest BCUT2D eigenvalue weighted by atomic mass is 9.49. The van der Waals surface area contributed by atoms with Crippen molar-refractivity contribution >= 4 is 11.3 Å². The molecule has 2 aromatic heterocycles. The Hall–Kier alpha value is -1.34. The molecule has 0 atom stereocenters. The van der Waals surface area contributed by atoms with Crippen LogP contribution in [0, 0.1) is 24.7 Å². The average molecular weight is 346 g/mol. The van der Waals surface area contributed by atoms with E-state index in [1.165, 1.54) is 38.5 Å². The normalized spacial score (nSPS) is 34.1. The molecule has 7 heteroatoms. The van der Waals surface area contributed by atoms with Gasteiger partial charge in [0.15, 0.2) is 5.82 Å². The molecule has 2 aromatic rings. The highest BCUT2D eigenvalue weighted by atomic mass is 32.1. The molecule has 0 aromatic carbocycles. The number of aromatic nitrogens is 4. The second-order valence-electron chi connectivity index (χ2n) is 7.92. The minimum Gasteiger partial charge on any atom is -0.364 e. The lowest BCUT2D eigenvalue weighted by Gasteiger charge is -2.55. The fraction of sp³-hybridized carbons (Fsp3) is 0.765. The first-order chi connectivity index (χ1) is 11.7. The van der Waals surface area contributed by atoms with Gasteiger partial charge in [0, 0.05) is 5.41 Å². The molecule has 0 unspecified atom stereocenters. The number of rotatable bonds is 5. The van der Waals surface area contributed by atoms with E-state index in [2.05, 4.69) is 15.4 Å². The van der Waals surface area contributed by atoms with Crippen molar-refractivity contribution in [1.82, 2.24) is 20.3 Å². The molecule has 6 rings (SSSR count). The second-order valence-corrected chi connectivity index (χ2v) is 9.18. The molecule has 4 saturated carbocycles. The van der Waals surface area contributed by atoms with E-state index >= 15 is 0 Å². The van der Waals surface area contributed by atoms with Crippen molar-refractivity contribution in [2.45, 2.75) is 64.1 Å². The molecule has 2 heterocycles. The molecular weight excluding hydrogens is 324 g/mol. The average Bonchev–Trinajstić information content (AvgIpc) is 3.16. The van der Waals surface area contributed by atoms with Crippen LogP contribution in [0.15, 0.2) is 4.52 Å². The molecule has 0 amide bonds. The SMILES string of the molecule is Cc1nnc(COCc2nc(C34CC5CC(CC(C5)C3)C4)no2)s1. The minimum absolute atomic E-state index is 0.187. The van der Waals surface area contributed by atoms with Gasteiger partial charge in [0.2, 0.25) is 0 Å². The van der Waals surface area contributed by atoms with Gasteiger partial charge in [0.1, 0.15) is 23.2 Å². The number of ether oxygens (including phenoxy) is 1. The van der Waals surface area contributed by atoms with Gasteiger partial charge >= 0.3 is 0 Å². The number of nitrogens with zero attached hydrogens (tertiary/aromatic N) is 4. The Morgan fingerprint density at radius 3 is 2.42 bits per heavy atom. The molecule has 0 saturated heterocycles. The van der Waals surface area contributed by atoms with Gasteiger partial charge < -0.3 is 9.26 Å². The Labute approximate surface area is 145 Å². The summed E-state index contributed by atoms with van der Waals surface area (Å²) >= 11 is 1.55. The van der Waals surface area contributed by atoms with Gasteiger partial charge in [0.25, 0.3) is 5.89 Å². The van der Waals surface area contributed by atoms with E-state index in [9.17, 15) is 0 Å². The van der Waals surface area contributed by atoms with E-state index in [0.29, 0.717) is 19.1 Å². The summed E-state index contributed by atoms with van der Waals surface area (Å²) in [7, 11) is 0. The Kier molecular flexibility index (Phi) is 3.49. The van der Waals surface area contributed by atoms with Crippen molar-refractivity contribution in [1.29, 1.82) is 0 Å². The number of hydrogen-bond donors (Lipinski definition) is 0. The maximum Gasteiger partial charge on any atom is 0.252 e. The van der Waals surface area contributed by atoms with Crippen molar-refractivity contribution in [3.05, 3.63) is 21.7 Å². The van der Waals surface area contributed by atoms with Gasteiger partial charge in [-0.2, -0.15) is 4.98 Å². The van der Waals surface area contributed by atoms with E-state index in [-0.39, 0.29) is 5.41 Å². The zero-order valence-electron chi connectivity index (χ0n) is 13.9. The van der Waals surface area contributed by atoms with Crippen molar-refractivity contribution in [2.24, 2.45) is 17.8 Å². The Bertz CT molecular complexity index is 705. The standard InChI is InChI=1S/C17H22N4O2S/c1-10-19-20-15(24-10)9-22-8-14-18-16(21-23-14)17-5-11-2-12(6-17)4-13(3-11)7-17/h11-13H,2-9H2,1H3. The van der Waals surface area contributed by atoms with Gasteiger partial charge in [0.05, 0.1) is 0 Å². The molecule has 4 bridgehead atoms. The zero-order chi connectivity index (χ0) is 16.1. The summed E-state index contributed by atoms with van der Waals surface area (Å²) in [4.78, 5) is 4.70. The predicted molar refractivity (Wildman–Crippen MR) is 87.3 cm³/mol. The molecule has 6 nitrogen and oxygen atoms in total. The monoisotopic (exact) mass is 346 g/mol. The third kappa shape index (κ3) is 2.58. The molecule has 0 aliphatic heterocycles. The summed E-state index contributed by atoms with van der Waals surface area (Å²) in [6.07, 6.45) is 8.03. The largest absolute Gasteiger partial charge is 0.364 e. The van der Waals surface area contributed by atoms with E-state index in [1.54, 1.807) is 11.3 Å². The van der Waals surface area contributed by atoms with Crippen LogP contribution in [0.1, 0.15) is 60.3 Å². The summed E-state index contributed by atoms with van der Waals surface area (Å²) in [5.41, 5.74) is 0.187. The van der Waals surface area contributed by atoms with Crippen LogP contribution in [0.2, 0.25) is 0 Å². The predicted octanol–water partition coefficient (Wildman–Crippen LogP) is 3.41. The Balaban J connectivity index is 1.26. The second kappa shape index (κ2) is 5.59. The summed E-state index contributed by atoms with van der Waals surface area (Å²) < 4.78 is 11.1. The van der Waals surface area contributed by atoms with Gasteiger partial charge in [-0.1, -0.05) is 16.5 Å². The minimum atomic E-state index is 0.187. The zero-order valence-corrected chi connectivity index (χ0v) is 14.7. The molecule has 0 N–H and O–H groups in total. The molecule has 128 valence electrons. The third-order valence-electron chi connectivity index (χ3n) is 6.00. The highest BCUT2D eigenvalue weighted by molar-refractivity contribution is 7.11. The van der Waals surface area contributed by atoms with Crippen LogP contribution in [0.25, 0.3) is 0 Å². The fourth-order valence-electron chi connectivity index (χ4n) is 5.53. The smallest absolute Gasteiger partial charge is 0.252 e. The van der Waals surface area contributed by atoms with E-state index in [0.717, 1.165) is 33.6 Å². The molecule has 0 radical (unpaired) electrons. The quantitative estimate of drug-likeness (QED) is 0.826. The van der Waals surface area contributed by atoms with Gasteiger partial charge in [-0.25, -0.2) is 0 Å². The molecule has 4 aliphatic rings. The van der Waals surface area contributed by atoms with E-state index < -0.39 is 0 Å². The first-order valence-electron chi connectivity index (χ1n) is 8.88. The van der Waals surface area contributed by atoms with Crippen molar-refractivity contribution in [2.75, 3.05) is 0 Å². The van der Waals surface area contributed by atoms with Crippen molar-refractivity contribution < 1.29 is 9.26 Å². The Morgan fingerprint density at radius 1 is 1.08 bits per heavy atom. The molecule has 4 fully saturated rings. The topological polar surface area (TPSA) is 73.9 Å². The van der Waals surface area contributed by atoms with Crippen LogP contribution in [0.5, 0.6) is 0 Å². The summed E-state index contributed by atoms with van der Waals surface area (Å²) in [5, 5.41) is 14.2. The first-order valence-corrected chi connectivity index (χ1v) is 9.70. The lowest BCUT2D eigenvalue weighted by Crippen LogP contribution is -2.49. The maximum atomic E-state index is 5.66. The van der Waals surface area contributed by atoms with Crippen LogP contribution >= 0.6 is 11.3 Å². The summed E-state index contributed by atoms with van der Waals surface area (Å²) in [6.45, 7) is 2.73. The number of aryl methyl sites for hydroxylation is 1. The van der Waals surface area contributed by atoms with E-state index in [4.69, 9.17) is 14.2 Å². The van der Waals surface area contributed by atoms with Crippen LogP contribution in [0.3, 0.4) is 0 Å². The molecular formula is C17H22N4O2S. The highest BCUT2D eigenvalue weighted by Gasteiger charge is 2.53. The van der Waals surface area contributed by atoms with Gasteiger partial charge in [-0.3, -0.25) is 0 Å².